The maximum absolute atomic E-state index is 5.29. The molecule has 1 aromatic heterocycles. The second kappa shape index (κ2) is 5.52. The third-order valence-corrected chi connectivity index (χ3v) is 3.31. The van der Waals surface area contributed by atoms with Crippen molar-refractivity contribution < 1.29 is 14.2 Å². The molecule has 1 heterocycles. The highest BCUT2D eigenvalue weighted by molar-refractivity contribution is 5.82. The van der Waals surface area contributed by atoms with Gasteiger partial charge in [0.15, 0.2) is 0 Å². The Morgan fingerprint density at radius 2 is 1.72 bits per heavy atom. The molecule has 1 aromatic carbocycles. The van der Waals surface area contributed by atoms with Crippen LogP contribution in [0.3, 0.4) is 0 Å². The van der Waals surface area contributed by atoms with E-state index >= 15 is 0 Å². The number of aryl methyl sites for hydroxylation is 1. The predicted molar refractivity (Wildman–Crippen MR) is 70.4 cm³/mol. The van der Waals surface area contributed by atoms with Crippen molar-refractivity contribution in [3.8, 4) is 0 Å². The minimum Gasteiger partial charge on any atom is -0.361 e. The van der Waals surface area contributed by atoms with Crippen LogP contribution in [0, 0.1) is 0 Å². The summed E-state index contributed by atoms with van der Waals surface area (Å²) in [5.74, 6) is -0.960. The minimum atomic E-state index is -0.960. The second-order valence-corrected chi connectivity index (χ2v) is 4.15. The van der Waals surface area contributed by atoms with Gasteiger partial charge >= 0.3 is 0 Å². The summed E-state index contributed by atoms with van der Waals surface area (Å²) in [6.45, 7) is 0. The van der Waals surface area contributed by atoms with Crippen LogP contribution >= 0.6 is 0 Å². The van der Waals surface area contributed by atoms with Gasteiger partial charge in [0.2, 0.25) is 0 Å². The lowest BCUT2D eigenvalue weighted by atomic mass is 10.1. The van der Waals surface area contributed by atoms with Crippen LogP contribution in [0.1, 0.15) is 12.0 Å². The Balaban J connectivity index is 2.14. The number of nitrogens with one attached hydrogen (secondary N) is 1. The number of aromatic amines is 1. The van der Waals surface area contributed by atoms with Crippen LogP contribution in [0.25, 0.3) is 10.9 Å². The summed E-state index contributed by atoms with van der Waals surface area (Å²) in [5.41, 5.74) is 2.38. The molecule has 0 saturated carbocycles. The number of fused-ring (bicyclic) bond motifs is 1. The number of para-hydroxylation sites is 1. The van der Waals surface area contributed by atoms with Crippen molar-refractivity contribution in [1.29, 1.82) is 0 Å². The molecule has 0 spiro atoms. The van der Waals surface area contributed by atoms with Crippen molar-refractivity contribution in [3.05, 3.63) is 36.0 Å². The van der Waals surface area contributed by atoms with E-state index in [1.54, 1.807) is 21.3 Å². The molecule has 0 atom stereocenters. The van der Waals surface area contributed by atoms with Gasteiger partial charge in [-0.3, -0.25) is 0 Å². The summed E-state index contributed by atoms with van der Waals surface area (Å²) in [6.07, 6.45) is 3.48. The van der Waals surface area contributed by atoms with E-state index in [0.717, 1.165) is 11.9 Å². The molecule has 4 nitrogen and oxygen atoms in total. The van der Waals surface area contributed by atoms with Crippen molar-refractivity contribution in [2.24, 2.45) is 0 Å². The number of ether oxygens (including phenoxy) is 3. The van der Waals surface area contributed by atoms with E-state index in [-0.39, 0.29) is 0 Å². The zero-order chi connectivity index (χ0) is 13.0. The molecule has 0 fully saturated rings. The van der Waals surface area contributed by atoms with E-state index < -0.39 is 5.97 Å². The van der Waals surface area contributed by atoms with Gasteiger partial charge in [-0.05, 0) is 18.1 Å². The number of rotatable bonds is 6. The van der Waals surface area contributed by atoms with Gasteiger partial charge in [0.25, 0.3) is 5.97 Å². The standard InChI is InChI=1S/C14H19NO3/c1-16-14(17-2,18-3)9-8-11-10-15-13-7-5-4-6-12(11)13/h4-7,10,15H,8-9H2,1-3H3. The number of hydrogen-bond acceptors (Lipinski definition) is 3. The molecule has 2 aromatic rings. The van der Waals surface area contributed by atoms with Gasteiger partial charge in [-0.15, -0.1) is 0 Å². The lowest BCUT2D eigenvalue weighted by molar-refractivity contribution is -0.354. The highest BCUT2D eigenvalue weighted by Crippen LogP contribution is 2.24. The molecule has 2 rings (SSSR count). The molecule has 0 aliphatic carbocycles. The van der Waals surface area contributed by atoms with Crippen molar-refractivity contribution in [1.82, 2.24) is 4.98 Å². The van der Waals surface area contributed by atoms with Crippen LogP contribution < -0.4 is 0 Å². The number of hydrogen-bond donors (Lipinski definition) is 1. The van der Waals surface area contributed by atoms with Crippen molar-refractivity contribution >= 4 is 10.9 Å². The first kappa shape index (κ1) is 13.1. The average molecular weight is 249 g/mol. The third-order valence-electron chi connectivity index (χ3n) is 3.31. The lowest BCUT2D eigenvalue weighted by Crippen LogP contribution is -2.36. The lowest BCUT2D eigenvalue weighted by Gasteiger charge is -2.28. The van der Waals surface area contributed by atoms with Gasteiger partial charge in [-0.1, -0.05) is 18.2 Å². The first-order chi connectivity index (χ1) is 8.74. The van der Waals surface area contributed by atoms with E-state index in [9.17, 15) is 0 Å². The van der Waals surface area contributed by atoms with E-state index in [2.05, 4.69) is 17.1 Å². The van der Waals surface area contributed by atoms with Gasteiger partial charge in [0.1, 0.15) is 0 Å². The fourth-order valence-corrected chi connectivity index (χ4v) is 2.18. The number of aromatic nitrogens is 1. The van der Waals surface area contributed by atoms with E-state index in [4.69, 9.17) is 14.2 Å². The van der Waals surface area contributed by atoms with E-state index in [1.165, 1.54) is 10.9 Å². The molecule has 0 unspecified atom stereocenters. The molecule has 0 aliphatic heterocycles. The summed E-state index contributed by atoms with van der Waals surface area (Å²) >= 11 is 0. The Bertz CT molecular complexity index is 494. The zero-order valence-corrected chi connectivity index (χ0v) is 11.0. The van der Waals surface area contributed by atoms with E-state index in [1.807, 2.05) is 18.3 Å². The summed E-state index contributed by atoms with van der Waals surface area (Å²) < 4.78 is 15.9. The number of methoxy groups -OCH3 is 3. The van der Waals surface area contributed by atoms with Crippen molar-refractivity contribution in [2.45, 2.75) is 18.8 Å². The third kappa shape index (κ3) is 2.41. The van der Waals surface area contributed by atoms with Crippen molar-refractivity contribution in [3.63, 3.8) is 0 Å². The number of benzene rings is 1. The highest BCUT2D eigenvalue weighted by atomic mass is 16.9. The molecule has 4 heteroatoms. The quantitative estimate of drug-likeness (QED) is 0.800. The van der Waals surface area contributed by atoms with Crippen LogP contribution in [0.15, 0.2) is 30.5 Å². The smallest absolute Gasteiger partial charge is 0.282 e. The summed E-state index contributed by atoms with van der Waals surface area (Å²) in [6, 6.07) is 8.23. The fraction of sp³-hybridized carbons (Fsp3) is 0.429. The van der Waals surface area contributed by atoms with Crippen LogP contribution in [0.2, 0.25) is 0 Å². The fourth-order valence-electron chi connectivity index (χ4n) is 2.18. The predicted octanol–water partition coefficient (Wildman–Crippen LogP) is 2.69. The highest BCUT2D eigenvalue weighted by Gasteiger charge is 2.29. The van der Waals surface area contributed by atoms with Gasteiger partial charge in [-0.2, -0.15) is 0 Å². The molecule has 18 heavy (non-hydrogen) atoms. The molecule has 0 radical (unpaired) electrons. The largest absolute Gasteiger partial charge is 0.361 e. The molecule has 0 amide bonds. The van der Waals surface area contributed by atoms with Gasteiger partial charge in [-0.25, -0.2) is 0 Å². The molecule has 0 saturated heterocycles. The second-order valence-electron chi connectivity index (χ2n) is 4.15. The Kier molecular flexibility index (Phi) is 4.01. The molecule has 0 bridgehead atoms. The first-order valence-corrected chi connectivity index (χ1v) is 5.95. The van der Waals surface area contributed by atoms with Crippen LogP contribution in [-0.4, -0.2) is 32.3 Å². The van der Waals surface area contributed by atoms with Crippen molar-refractivity contribution in [2.75, 3.05) is 21.3 Å². The summed E-state index contributed by atoms with van der Waals surface area (Å²) in [5, 5.41) is 1.23. The van der Waals surface area contributed by atoms with Crippen LogP contribution in [-0.2, 0) is 20.6 Å². The topological polar surface area (TPSA) is 43.5 Å². The molecular formula is C14H19NO3. The van der Waals surface area contributed by atoms with E-state index in [0.29, 0.717) is 6.42 Å². The summed E-state index contributed by atoms with van der Waals surface area (Å²) in [4.78, 5) is 3.26. The Hall–Kier alpha value is -1.36. The maximum Gasteiger partial charge on any atom is 0.282 e. The zero-order valence-electron chi connectivity index (χ0n) is 11.0. The van der Waals surface area contributed by atoms with Gasteiger partial charge in [0, 0.05) is 44.8 Å². The first-order valence-electron chi connectivity index (χ1n) is 5.95. The molecule has 98 valence electrons. The Morgan fingerprint density at radius 3 is 2.39 bits per heavy atom. The van der Waals surface area contributed by atoms with Crippen LogP contribution in [0.4, 0.5) is 0 Å². The van der Waals surface area contributed by atoms with Gasteiger partial charge < -0.3 is 19.2 Å². The van der Waals surface area contributed by atoms with Gasteiger partial charge in [0.05, 0.1) is 0 Å². The van der Waals surface area contributed by atoms with Crippen LogP contribution in [0.5, 0.6) is 0 Å². The molecular weight excluding hydrogens is 230 g/mol. The average Bonchev–Trinajstić information content (AvgIpc) is 2.85. The number of H-pyrrole nitrogens is 1. The molecule has 0 aliphatic rings. The monoisotopic (exact) mass is 249 g/mol. The Morgan fingerprint density at radius 1 is 1.06 bits per heavy atom. The Labute approximate surface area is 107 Å². The SMILES string of the molecule is COC(CCc1c[nH]c2ccccc12)(OC)OC. The normalized spacial score (nSPS) is 12.2. The minimum absolute atomic E-state index is 0.637. The molecule has 1 N–H and O–H groups in total. The summed E-state index contributed by atoms with van der Waals surface area (Å²) in [7, 11) is 4.76. The maximum atomic E-state index is 5.29.